The highest BCUT2D eigenvalue weighted by Crippen LogP contribution is 2.12. The van der Waals surface area contributed by atoms with E-state index in [-0.39, 0.29) is 11.9 Å². The van der Waals surface area contributed by atoms with Crippen LogP contribution in [0.5, 0.6) is 0 Å². The summed E-state index contributed by atoms with van der Waals surface area (Å²) in [6.07, 6.45) is 2.74. The smallest absolute Gasteiger partial charge is 0.233 e. The standard InChI is InChI=1S/C9H19N3O3S/c1-10-9(13)7-11-8-3-5-12(6-4-8)16(2,14)15/h8,11H,3-7H2,1-2H3,(H,10,13). The molecule has 1 rings (SSSR count). The summed E-state index contributed by atoms with van der Waals surface area (Å²) in [5.41, 5.74) is 0. The van der Waals surface area contributed by atoms with Crippen molar-refractivity contribution >= 4 is 15.9 Å². The Bertz CT molecular complexity index is 334. The van der Waals surface area contributed by atoms with Gasteiger partial charge in [0.2, 0.25) is 15.9 Å². The Hall–Kier alpha value is -0.660. The van der Waals surface area contributed by atoms with Crippen LogP contribution in [0.15, 0.2) is 0 Å². The molecule has 0 atom stereocenters. The maximum Gasteiger partial charge on any atom is 0.233 e. The number of nitrogens with zero attached hydrogens (tertiary/aromatic N) is 1. The van der Waals surface area contributed by atoms with Crippen LogP contribution in [-0.2, 0) is 14.8 Å². The molecule has 7 heteroatoms. The lowest BCUT2D eigenvalue weighted by molar-refractivity contribution is -0.119. The van der Waals surface area contributed by atoms with Gasteiger partial charge in [0.1, 0.15) is 0 Å². The number of nitrogens with one attached hydrogen (secondary N) is 2. The Kier molecular flexibility index (Phi) is 4.69. The van der Waals surface area contributed by atoms with Crippen LogP contribution < -0.4 is 10.6 Å². The molecule has 0 bridgehead atoms. The molecule has 1 aliphatic heterocycles. The molecule has 1 amide bonds. The molecular formula is C9H19N3O3S. The highest BCUT2D eigenvalue weighted by molar-refractivity contribution is 7.88. The van der Waals surface area contributed by atoms with Gasteiger partial charge in [0.15, 0.2) is 0 Å². The summed E-state index contributed by atoms with van der Waals surface area (Å²) >= 11 is 0. The topological polar surface area (TPSA) is 78.5 Å². The first-order valence-corrected chi connectivity index (χ1v) is 7.17. The van der Waals surface area contributed by atoms with E-state index in [1.165, 1.54) is 10.6 Å². The minimum absolute atomic E-state index is 0.0504. The van der Waals surface area contributed by atoms with E-state index in [1.807, 2.05) is 0 Å². The molecule has 0 unspecified atom stereocenters. The van der Waals surface area contributed by atoms with Gasteiger partial charge in [-0.15, -0.1) is 0 Å². The van der Waals surface area contributed by atoms with E-state index in [9.17, 15) is 13.2 Å². The molecule has 0 radical (unpaired) electrons. The Morgan fingerprint density at radius 1 is 1.38 bits per heavy atom. The molecule has 1 aliphatic rings. The van der Waals surface area contributed by atoms with Crippen LogP contribution in [-0.4, -0.2) is 57.6 Å². The second-order valence-corrected chi connectivity index (χ2v) is 5.97. The fraction of sp³-hybridized carbons (Fsp3) is 0.889. The van der Waals surface area contributed by atoms with Gasteiger partial charge in [-0.2, -0.15) is 0 Å². The number of hydrogen-bond donors (Lipinski definition) is 2. The summed E-state index contributed by atoms with van der Waals surface area (Å²) < 4.78 is 24.0. The zero-order valence-electron chi connectivity index (χ0n) is 9.69. The van der Waals surface area contributed by atoms with Crippen LogP contribution in [0.4, 0.5) is 0 Å². The average molecular weight is 249 g/mol. The molecular weight excluding hydrogens is 230 g/mol. The molecule has 1 saturated heterocycles. The van der Waals surface area contributed by atoms with Crippen molar-refractivity contribution in [3.05, 3.63) is 0 Å². The number of likely N-dealkylation sites (N-methyl/N-ethyl adjacent to an activating group) is 1. The first-order valence-electron chi connectivity index (χ1n) is 5.32. The van der Waals surface area contributed by atoms with Gasteiger partial charge in [-0.05, 0) is 12.8 Å². The molecule has 94 valence electrons. The third-order valence-electron chi connectivity index (χ3n) is 2.75. The summed E-state index contributed by atoms with van der Waals surface area (Å²) in [5, 5.41) is 5.64. The summed E-state index contributed by atoms with van der Waals surface area (Å²) in [7, 11) is -1.47. The monoisotopic (exact) mass is 249 g/mol. The molecule has 2 N–H and O–H groups in total. The Morgan fingerprint density at radius 2 is 1.94 bits per heavy atom. The number of rotatable bonds is 4. The van der Waals surface area contributed by atoms with Crippen LogP contribution in [0.25, 0.3) is 0 Å². The van der Waals surface area contributed by atoms with Crippen molar-refractivity contribution < 1.29 is 13.2 Å². The van der Waals surface area contributed by atoms with Crippen molar-refractivity contribution in [2.45, 2.75) is 18.9 Å². The van der Waals surface area contributed by atoms with Gasteiger partial charge in [0, 0.05) is 26.2 Å². The van der Waals surface area contributed by atoms with Crippen LogP contribution in [0.2, 0.25) is 0 Å². The third kappa shape index (κ3) is 4.07. The maximum absolute atomic E-state index is 11.2. The summed E-state index contributed by atoms with van der Waals surface area (Å²) in [4.78, 5) is 11.0. The van der Waals surface area contributed by atoms with Crippen LogP contribution in [0.3, 0.4) is 0 Å². The quantitative estimate of drug-likeness (QED) is 0.652. The molecule has 0 aliphatic carbocycles. The van der Waals surface area contributed by atoms with Gasteiger partial charge in [-0.3, -0.25) is 4.79 Å². The molecule has 0 spiro atoms. The van der Waals surface area contributed by atoms with Crippen molar-refractivity contribution in [3.63, 3.8) is 0 Å². The summed E-state index contributed by atoms with van der Waals surface area (Å²) in [6, 6.07) is 0.232. The predicted molar refractivity (Wildman–Crippen MR) is 61.5 cm³/mol. The van der Waals surface area contributed by atoms with Gasteiger partial charge >= 0.3 is 0 Å². The second kappa shape index (κ2) is 5.60. The molecule has 1 heterocycles. The Labute approximate surface area is 96.4 Å². The second-order valence-electron chi connectivity index (χ2n) is 3.99. The maximum atomic E-state index is 11.2. The van der Waals surface area contributed by atoms with Crippen molar-refractivity contribution in [2.75, 3.05) is 32.9 Å². The molecule has 0 saturated carbocycles. The van der Waals surface area contributed by atoms with E-state index in [4.69, 9.17) is 0 Å². The van der Waals surface area contributed by atoms with Crippen molar-refractivity contribution in [1.29, 1.82) is 0 Å². The minimum Gasteiger partial charge on any atom is -0.358 e. The van der Waals surface area contributed by atoms with Gasteiger partial charge in [0.25, 0.3) is 0 Å². The average Bonchev–Trinajstić information content (AvgIpc) is 2.25. The normalized spacial score (nSPS) is 19.6. The minimum atomic E-state index is -3.06. The van der Waals surface area contributed by atoms with Crippen LogP contribution >= 0.6 is 0 Å². The van der Waals surface area contributed by atoms with E-state index in [2.05, 4.69) is 10.6 Å². The SMILES string of the molecule is CNC(=O)CNC1CCN(S(C)(=O)=O)CC1. The van der Waals surface area contributed by atoms with E-state index >= 15 is 0 Å². The van der Waals surface area contributed by atoms with Crippen LogP contribution in [0.1, 0.15) is 12.8 Å². The van der Waals surface area contributed by atoms with Crippen molar-refractivity contribution in [2.24, 2.45) is 0 Å². The summed E-state index contributed by atoms with van der Waals surface area (Å²) in [6.45, 7) is 1.36. The zero-order chi connectivity index (χ0) is 12.2. The summed E-state index contributed by atoms with van der Waals surface area (Å²) in [5.74, 6) is -0.0504. The molecule has 0 aromatic rings. The predicted octanol–water partition coefficient (Wildman–Crippen LogP) is -1.25. The molecule has 1 fully saturated rings. The zero-order valence-corrected chi connectivity index (χ0v) is 10.5. The van der Waals surface area contributed by atoms with E-state index in [0.717, 1.165) is 12.8 Å². The number of hydrogen-bond acceptors (Lipinski definition) is 4. The third-order valence-corrected chi connectivity index (χ3v) is 4.06. The first-order chi connectivity index (χ1) is 7.43. The van der Waals surface area contributed by atoms with Gasteiger partial charge in [0.05, 0.1) is 12.8 Å². The lowest BCUT2D eigenvalue weighted by Gasteiger charge is -2.30. The number of sulfonamides is 1. The lowest BCUT2D eigenvalue weighted by atomic mass is 10.1. The lowest BCUT2D eigenvalue weighted by Crippen LogP contribution is -2.46. The highest BCUT2D eigenvalue weighted by atomic mass is 32.2. The number of piperidine rings is 1. The number of carbonyl (C=O) groups is 1. The van der Waals surface area contributed by atoms with Gasteiger partial charge < -0.3 is 10.6 Å². The highest BCUT2D eigenvalue weighted by Gasteiger charge is 2.24. The van der Waals surface area contributed by atoms with Crippen molar-refractivity contribution in [1.82, 2.24) is 14.9 Å². The molecule has 0 aromatic carbocycles. The van der Waals surface area contributed by atoms with Crippen molar-refractivity contribution in [3.8, 4) is 0 Å². The Balaban J connectivity index is 2.30. The largest absolute Gasteiger partial charge is 0.358 e. The fourth-order valence-electron chi connectivity index (χ4n) is 1.72. The molecule has 16 heavy (non-hydrogen) atoms. The number of carbonyl (C=O) groups excluding carboxylic acids is 1. The van der Waals surface area contributed by atoms with E-state index < -0.39 is 10.0 Å². The number of amides is 1. The van der Waals surface area contributed by atoms with E-state index in [1.54, 1.807) is 7.05 Å². The molecule has 0 aromatic heterocycles. The van der Waals surface area contributed by atoms with E-state index in [0.29, 0.717) is 19.6 Å². The fourth-order valence-corrected chi connectivity index (χ4v) is 2.59. The molecule has 6 nitrogen and oxygen atoms in total. The Morgan fingerprint density at radius 3 is 2.38 bits per heavy atom. The first kappa shape index (κ1) is 13.4. The van der Waals surface area contributed by atoms with Crippen LogP contribution in [0, 0.1) is 0 Å². The van der Waals surface area contributed by atoms with Gasteiger partial charge in [-0.25, -0.2) is 12.7 Å². The van der Waals surface area contributed by atoms with Gasteiger partial charge in [-0.1, -0.05) is 0 Å².